The summed E-state index contributed by atoms with van der Waals surface area (Å²) in [6, 6.07) is 7.58. The summed E-state index contributed by atoms with van der Waals surface area (Å²) in [5.41, 5.74) is 1.73. The zero-order valence-corrected chi connectivity index (χ0v) is 19.9. The third-order valence-electron chi connectivity index (χ3n) is 7.06. The highest BCUT2D eigenvalue weighted by Gasteiger charge is 2.45. The summed E-state index contributed by atoms with van der Waals surface area (Å²) in [4.78, 5) is 19.8. The quantitative estimate of drug-likeness (QED) is 0.588. The lowest BCUT2D eigenvalue weighted by molar-refractivity contribution is 0.0863. The minimum atomic E-state index is -0.294. The van der Waals surface area contributed by atoms with E-state index in [9.17, 15) is 9.90 Å². The maximum atomic E-state index is 13.5. The van der Waals surface area contributed by atoms with Crippen LogP contribution in [0.5, 0.6) is 5.75 Å². The van der Waals surface area contributed by atoms with Gasteiger partial charge >= 0.3 is 6.03 Å². The monoisotopic (exact) mass is 471 g/mol. The van der Waals surface area contributed by atoms with Crippen LogP contribution < -0.4 is 15.5 Å². The molecule has 1 aromatic carbocycles. The molecule has 4 heterocycles. The molecule has 0 saturated carbocycles. The number of urea groups is 1. The normalized spacial score (nSPS) is 27.0. The summed E-state index contributed by atoms with van der Waals surface area (Å²) in [6.45, 7) is 10.6. The topological polar surface area (TPSA) is 96.9 Å². The van der Waals surface area contributed by atoms with Gasteiger partial charge in [-0.3, -0.25) is 0 Å². The zero-order chi connectivity index (χ0) is 23.3. The first kappa shape index (κ1) is 22.0. The molecule has 0 bridgehead atoms. The molecule has 2 saturated heterocycles. The number of halogens is 1. The fraction of sp³-hybridized carbons (Fsp3) is 0.522. The predicted molar refractivity (Wildman–Crippen MR) is 129 cm³/mol. The number of carbonyl (C=O) groups excluding carboxylic acids is 1. The van der Waals surface area contributed by atoms with Crippen molar-refractivity contribution in [2.75, 3.05) is 49.5 Å². The number of phenols is 1. The van der Waals surface area contributed by atoms with Gasteiger partial charge in [0.15, 0.2) is 5.82 Å². The van der Waals surface area contributed by atoms with Crippen molar-refractivity contribution in [3.05, 3.63) is 29.3 Å². The number of amides is 2. The fourth-order valence-corrected chi connectivity index (χ4v) is 5.48. The number of para-hydroxylation sites is 1. The SMILES string of the molecule is C[C@H]1CNC[C@H](C)N1C(=O)N1CCN2c3cc(-c4cccc(Cl)c4O)nnc3NCC2(C)C1. The van der Waals surface area contributed by atoms with Crippen LogP contribution in [0.2, 0.25) is 5.02 Å². The molecule has 9 nitrogen and oxygen atoms in total. The molecule has 3 atom stereocenters. The zero-order valence-electron chi connectivity index (χ0n) is 19.2. The van der Waals surface area contributed by atoms with Crippen LogP contribution in [0.1, 0.15) is 20.8 Å². The molecule has 3 N–H and O–H groups in total. The van der Waals surface area contributed by atoms with Gasteiger partial charge < -0.3 is 30.4 Å². The van der Waals surface area contributed by atoms with Crippen molar-refractivity contribution in [1.29, 1.82) is 0 Å². The maximum Gasteiger partial charge on any atom is 0.320 e. The fourth-order valence-electron chi connectivity index (χ4n) is 5.31. The summed E-state index contributed by atoms with van der Waals surface area (Å²) in [5.74, 6) is 0.705. The van der Waals surface area contributed by atoms with Gasteiger partial charge in [-0.05, 0) is 39.0 Å². The van der Waals surface area contributed by atoms with E-state index in [-0.39, 0.29) is 34.4 Å². The molecule has 5 rings (SSSR count). The van der Waals surface area contributed by atoms with Crippen molar-refractivity contribution in [3.8, 4) is 17.0 Å². The second-order valence-electron chi connectivity index (χ2n) is 9.57. The number of hydrogen-bond acceptors (Lipinski definition) is 7. The summed E-state index contributed by atoms with van der Waals surface area (Å²) in [5, 5.41) is 26.2. The molecule has 1 unspecified atom stereocenters. The number of carbonyl (C=O) groups is 1. The number of aromatic nitrogens is 2. The van der Waals surface area contributed by atoms with E-state index in [2.05, 4.69) is 46.5 Å². The van der Waals surface area contributed by atoms with Crippen LogP contribution in [0.15, 0.2) is 24.3 Å². The van der Waals surface area contributed by atoms with E-state index in [4.69, 9.17) is 11.6 Å². The smallest absolute Gasteiger partial charge is 0.320 e. The number of anilines is 2. The van der Waals surface area contributed by atoms with Gasteiger partial charge in [0.25, 0.3) is 0 Å². The highest BCUT2D eigenvalue weighted by atomic mass is 35.5. The molecule has 3 aliphatic heterocycles. The van der Waals surface area contributed by atoms with Crippen LogP contribution >= 0.6 is 11.6 Å². The summed E-state index contributed by atoms with van der Waals surface area (Å²) >= 11 is 6.10. The molecule has 0 aliphatic carbocycles. The first-order valence-corrected chi connectivity index (χ1v) is 11.8. The average Bonchev–Trinajstić information content (AvgIpc) is 2.79. The van der Waals surface area contributed by atoms with Gasteiger partial charge in [-0.1, -0.05) is 17.7 Å². The minimum Gasteiger partial charge on any atom is -0.506 e. The van der Waals surface area contributed by atoms with E-state index in [0.29, 0.717) is 43.3 Å². The molecule has 1 aromatic heterocycles. The van der Waals surface area contributed by atoms with Gasteiger partial charge in [0.05, 0.1) is 21.9 Å². The van der Waals surface area contributed by atoms with E-state index < -0.39 is 0 Å². The van der Waals surface area contributed by atoms with Crippen LogP contribution in [-0.4, -0.2) is 88.0 Å². The first-order chi connectivity index (χ1) is 15.8. The number of hydrogen-bond donors (Lipinski definition) is 3. The molecule has 176 valence electrons. The molecule has 2 amide bonds. The van der Waals surface area contributed by atoms with Gasteiger partial charge in [0.2, 0.25) is 0 Å². The minimum absolute atomic E-state index is 0.00498. The van der Waals surface area contributed by atoms with Crippen molar-refractivity contribution >= 4 is 29.1 Å². The van der Waals surface area contributed by atoms with Crippen LogP contribution in [0.25, 0.3) is 11.3 Å². The Morgan fingerprint density at radius 1 is 1.21 bits per heavy atom. The molecule has 0 radical (unpaired) electrons. The van der Waals surface area contributed by atoms with E-state index in [1.54, 1.807) is 18.2 Å². The molecular weight excluding hydrogens is 442 g/mol. The van der Waals surface area contributed by atoms with Crippen molar-refractivity contribution < 1.29 is 9.90 Å². The summed E-state index contributed by atoms with van der Waals surface area (Å²) in [7, 11) is 0. The largest absolute Gasteiger partial charge is 0.506 e. The van der Waals surface area contributed by atoms with E-state index in [0.717, 1.165) is 18.8 Å². The molecule has 0 spiro atoms. The Morgan fingerprint density at radius 3 is 2.73 bits per heavy atom. The molecule has 2 aromatic rings. The van der Waals surface area contributed by atoms with E-state index in [1.165, 1.54) is 0 Å². The Bertz CT molecular complexity index is 1070. The van der Waals surface area contributed by atoms with Crippen LogP contribution in [0.3, 0.4) is 0 Å². The van der Waals surface area contributed by atoms with Crippen LogP contribution in [-0.2, 0) is 0 Å². The number of benzene rings is 1. The second-order valence-corrected chi connectivity index (χ2v) is 9.98. The van der Waals surface area contributed by atoms with Crippen molar-refractivity contribution in [2.24, 2.45) is 0 Å². The first-order valence-electron chi connectivity index (χ1n) is 11.4. The van der Waals surface area contributed by atoms with Gasteiger partial charge in [-0.25, -0.2) is 4.79 Å². The maximum absolute atomic E-state index is 13.5. The number of rotatable bonds is 1. The third-order valence-corrected chi connectivity index (χ3v) is 7.37. The molecule has 33 heavy (non-hydrogen) atoms. The summed E-state index contributed by atoms with van der Waals surface area (Å²) < 4.78 is 0. The lowest BCUT2D eigenvalue weighted by atomic mass is 9.92. The molecule has 2 fully saturated rings. The number of phenolic OH excluding ortho intramolecular Hbond substituents is 1. The highest BCUT2D eigenvalue weighted by Crippen LogP contribution is 2.41. The van der Waals surface area contributed by atoms with Gasteiger partial charge in [-0.2, -0.15) is 0 Å². The lowest BCUT2D eigenvalue weighted by Crippen LogP contribution is -2.69. The van der Waals surface area contributed by atoms with E-state index >= 15 is 0 Å². The number of fused-ring (bicyclic) bond motifs is 3. The Balaban J connectivity index is 1.42. The van der Waals surface area contributed by atoms with Crippen LogP contribution in [0, 0.1) is 0 Å². The van der Waals surface area contributed by atoms with Crippen molar-refractivity contribution in [1.82, 2.24) is 25.3 Å². The van der Waals surface area contributed by atoms with Gasteiger partial charge in [0, 0.05) is 56.9 Å². The Hall–Kier alpha value is -2.78. The predicted octanol–water partition coefficient (Wildman–Crippen LogP) is 2.61. The number of aromatic hydroxyl groups is 1. The standard InChI is InChI=1S/C23H30ClN7O2/c1-14-10-25-11-15(2)31(14)22(33)29-7-8-30-19-9-18(16-5-4-6-17(24)20(16)32)27-28-21(19)26-12-23(30,3)13-29/h4-6,9,14-15,25,32H,7-8,10-13H2,1-3H3,(H,26,28)/t14-,15-,23?/m0/s1. The molecule has 10 heteroatoms. The Kier molecular flexibility index (Phi) is 5.49. The van der Waals surface area contributed by atoms with Gasteiger partial charge in [-0.15, -0.1) is 10.2 Å². The third kappa shape index (κ3) is 3.73. The molecular formula is C23H30ClN7O2. The average molecular weight is 472 g/mol. The lowest BCUT2D eigenvalue weighted by Gasteiger charge is -2.54. The van der Waals surface area contributed by atoms with E-state index in [1.807, 2.05) is 15.9 Å². The molecule has 3 aliphatic rings. The van der Waals surface area contributed by atoms with Gasteiger partial charge in [0.1, 0.15) is 5.75 Å². The number of nitrogens with zero attached hydrogens (tertiary/aromatic N) is 5. The second kappa shape index (κ2) is 8.22. The van der Waals surface area contributed by atoms with Crippen molar-refractivity contribution in [3.63, 3.8) is 0 Å². The number of nitrogens with one attached hydrogen (secondary N) is 2. The number of piperazine rings is 2. The highest BCUT2D eigenvalue weighted by molar-refractivity contribution is 6.32. The van der Waals surface area contributed by atoms with Crippen molar-refractivity contribution in [2.45, 2.75) is 38.4 Å². The summed E-state index contributed by atoms with van der Waals surface area (Å²) in [6.07, 6.45) is 0. The Labute approximate surface area is 198 Å². The van der Waals surface area contributed by atoms with Crippen LogP contribution in [0.4, 0.5) is 16.3 Å². The Morgan fingerprint density at radius 2 is 1.97 bits per heavy atom.